The van der Waals surface area contributed by atoms with Crippen LogP contribution >= 0.6 is 30.7 Å². The molecule has 5 rings (SSSR count). The summed E-state index contributed by atoms with van der Waals surface area (Å²) in [6.07, 6.45) is 12.1. The van der Waals surface area contributed by atoms with Crippen LogP contribution in [0.1, 0.15) is 47.4 Å². The third-order valence-electron chi connectivity index (χ3n) is 6.45. The lowest BCUT2D eigenvalue weighted by Gasteiger charge is -2.28. The van der Waals surface area contributed by atoms with E-state index in [4.69, 9.17) is 32.8 Å². The van der Waals surface area contributed by atoms with Gasteiger partial charge < -0.3 is 39.4 Å². The van der Waals surface area contributed by atoms with Gasteiger partial charge >= 0.3 is 5.97 Å². The molecular weight excluding hydrogens is 798 g/mol. The predicted molar refractivity (Wildman–Crippen MR) is 214 cm³/mol. The average molecular weight is 847 g/mol. The fourth-order valence-corrected chi connectivity index (χ4v) is 5.84. The maximum atomic E-state index is 14.5. The standard InChI is InChI=1S/C18H17FN4O2S.C9H16ClN5.C3H8NO5P.C3H9S/c1-4-5-22-13-7-12(11(19)6-14(13)25-9-16(22)24)20-17-23-10-18(2,3)8-15(23)21-26-17;1-5-11-7-12-6(10)13-8(14-7)15-9(2,3)4;5-3(6)1-4-2-10(7,8)9;1-4(2)3/h1,6-7H,5,8-10H2,2-3H3;5H2,1-4H3,(H2,11,12,13,14,15);4H,1-2H2,(H,5,6)(H2,7,8,9);1-3H3/q;;;+1/p-1. The zero-order valence-corrected chi connectivity index (χ0v) is 35.6. The number of anilines is 3. The van der Waals surface area contributed by atoms with Gasteiger partial charge in [-0.25, -0.2) is 9.38 Å². The van der Waals surface area contributed by atoms with Crippen LogP contribution in [0.4, 0.5) is 27.7 Å². The summed E-state index contributed by atoms with van der Waals surface area (Å²) in [5.41, 5.74) is 0.575. The molecule has 1 amide bonds. The van der Waals surface area contributed by atoms with Crippen molar-refractivity contribution in [2.75, 3.05) is 66.8 Å². The summed E-state index contributed by atoms with van der Waals surface area (Å²) in [5.74, 6) is 2.72. The number of fused-ring (bicyclic) bond motifs is 2. The summed E-state index contributed by atoms with van der Waals surface area (Å²) in [6, 6.07) is 2.76. The highest BCUT2D eigenvalue weighted by molar-refractivity contribution is 7.94. The number of carboxylic acids is 1. The Morgan fingerprint density at radius 1 is 1.25 bits per heavy atom. The van der Waals surface area contributed by atoms with Gasteiger partial charge in [0.05, 0.1) is 43.8 Å². The lowest BCUT2D eigenvalue weighted by atomic mass is 9.92. The lowest BCUT2D eigenvalue weighted by Crippen LogP contribution is -2.39. The third-order valence-corrected chi connectivity index (χ3v) is 8.02. The van der Waals surface area contributed by atoms with Gasteiger partial charge in [0, 0.05) is 42.6 Å². The number of halogens is 2. The minimum atomic E-state index is -4.35. The SMILES string of the molecule is C#CCN1C(=O)COc2cc(F)c(N=c3snc4n3CC(C)(C)C4)cc21.CCNc1nc(Cl)nc(NC(C)(C)C)n1.C[S+](C)C.O=C(O)CNCP(=O)([O-])O. The molecule has 1 aromatic carbocycles. The minimum absolute atomic E-state index is 0.0964. The van der Waals surface area contributed by atoms with Gasteiger partial charge in [-0.05, 0) is 61.7 Å². The monoisotopic (exact) mass is 846 g/mol. The number of aromatic nitrogens is 5. The van der Waals surface area contributed by atoms with Crippen LogP contribution in [0.25, 0.3) is 0 Å². The quantitative estimate of drug-likeness (QED) is 0.118. The zero-order valence-electron chi connectivity index (χ0n) is 32.3. The van der Waals surface area contributed by atoms with Crippen molar-refractivity contribution in [3.63, 3.8) is 0 Å². The summed E-state index contributed by atoms with van der Waals surface area (Å²) in [5, 5.41) is 16.3. The molecule has 0 spiro atoms. The highest BCUT2D eigenvalue weighted by atomic mass is 35.5. The molecule has 1 atom stereocenters. The molecule has 17 nitrogen and oxygen atoms in total. The van der Waals surface area contributed by atoms with Crippen LogP contribution < -0.4 is 35.3 Å². The van der Waals surface area contributed by atoms with E-state index in [0.717, 1.165) is 25.3 Å². The molecule has 2 aromatic heterocycles. The second-order valence-corrected chi connectivity index (χ2v) is 19.3. The Morgan fingerprint density at radius 2 is 1.89 bits per heavy atom. The van der Waals surface area contributed by atoms with Crippen LogP contribution in [0.3, 0.4) is 0 Å². The van der Waals surface area contributed by atoms with Crippen molar-refractivity contribution in [2.24, 2.45) is 10.4 Å². The van der Waals surface area contributed by atoms with Crippen LogP contribution in [0, 0.1) is 23.6 Å². The van der Waals surface area contributed by atoms with Gasteiger partial charge in [-0.3, -0.25) is 19.8 Å². The first-order chi connectivity index (χ1) is 25.4. The normalized spacial score (nSPS) is 15.3. The van der Waals surface area contributed by atoms with Crippen molar-refractivity contribution in [1.29, 1.82) is 0 Å². The highest BCUT2D eigenvalue weighted by Gasteiger charge is 2.31. The number of aliphatic carboxylic acids is 1. The molecular formula is C33H49ClFN10O7PS2. The first-order valence-corrected chi connectivity index (χ1v) is 22.0. The summed E-state index contributed by atoms with van der Waals surface area (Å²) >= 11 is 7.01. The average Bonchev–Trinajstić information content (AvgIpc) is 3.52. The molecule has 0 bridgehead atoms. The van der Waals surface area contributed by atoms with Crippen molar-refractivity contribution < 1.29 is 38.2 Å². The number of nitrogens with zero attached hydrogens (tertiary/aromatic N) is 7. The summed E-state index contributed by atoms with van der Waals surface area (Å²) < 4.78 is 36.3. The van der Waals surface area contributed by atoms with Gasteiger partial charge in [0.1, 0.15) is 24.9 Å². The Labute approximate surface area is 332 Å². The Bertz CT molecular complexity index is 1940. The number of carboxylic acid groups (broad SMARTS) is 1. The molecule has 4 heterocycles. The van der Waals surface area contributed by atoms with E-state index in [1.54, 1.807) is 0 Å². The number of carbonyl (C=O) groups excluding carboxylic acids is 1. The molecule has 304 valence electrons. The molecule has 5 N–H and O–H groups in total. The number of hydrogen-bond acceptors (Lipinski definition) is 14. The molecule has 2 aliphatic heterocycles. The van der Waals surface area contributed by atoms with E-state index >= 15 is 0 Å². The molecule has 2 aliphatic rings. The number of ether oxygens (including phenoxy) is 1. The van der Waals surface area contributed by atoms with Gasteiger partial charge in [-0.15, -0.1) is 6.42 Å². The van der Waals surface area contributed by atoms with Gasteiger partial charge in [0.25, 0.3) is 5.91 Å². The zero-order chi connectivity index (χ0) is 41.7. The molecule has 1 unspecified atom stereocenters. The third kappa shape index (κ3) is 17.2. The summed E-state index contributed by atoms with van der Waals surface area (Å²) in [7, 11) is -3.71. The maximum Gasteiger partial charge on any atom is 0.317 e. The van der Waals surface area contributed by atoms with Gasteiger partial charge in [-0.2, -0.15) is 19.3 Å². The van der Waals surface area contributed by atoms with E-state index in [1.165, 1.54) is 28.6 Å². The van der Waals surface area contributed by atoms with Crippen molar-refractivity contribution in [2.45, 2.75) is 60.0 Å². The molecule has 0 saturated carbocycles. The van der Waals surface area contributed by atoms with Crippen LogP contribution in [0.15, 0.2) is 17.1 Å². The topological polar surface area (TPSA) is 232 Å². The van der Waals surface area contributed by atoms with E-state index in [9.17, 15) is 23.4 Å². The molecule has 3 aromatic rings. The van der Waals surface area contributed by atoms with Crippen molar-refractivity contribution in [1.82, 2.24) is 29.2 Å². The van der Waals surface area contributed by atoms with E-state index in [-0.39, 0.29) is 41.0 Å². The Morgan fingerprint density at radius 3 is 2.45 bits per heavy atom. The molecule has 0 fully saturated rings. The van der Waals surface area contributed by atoms with Crippen LogP contribution in [0.2, 0.25) is 5.28 Å². The first kappa shape index (κ1) is 47.3. The maximum absolute atomic E-state index is 14.5. The Hall–Kier alpha value is -3.83. The number of rotatable bonds is 9. The second-order valence-electron chi connectivity index (χ2n) is 14.2. The van der Waals surface area contributed by atoms with Crippen molar-refractivity contribution in [3.05, 3.63) is 33.9 Å². The molecule has 55 heavy (non-hydrogen) atoms. The smallest absolute Gasteiger partial charge is 0.317 e. The molecule has 0 saturated heterocycles. The summed E-state index contributed by atoms with van der Waals surface area (Å²) in [4.78, 5) is 58.4. The van der Waals surface area contributed by atoms with E-state index in [0.29, 0.717) is 39.0 Å². The Balaban J connectivity index is 0.000000305. The highest BCUT2D eigenvalue weighted by Crippen LogP contribution is 2.37. The lowest BCUT2D eigenvalue weighted by molar-refractivity contribution is -0.193. The number of terminal acetylenes is 1. The Kier molecular flexibility index (Phi) is 18.0. The van der Waals surface area contributed by atoms with Crippen molar-refractivity contribution >= 4 is 76.8 Å². The predicted octanol–water partition coefficient (Wildman–Crippen LogP) is 3.08. The van der Waals surface area contributed by atoms with Crippen LogP contribution in [0.5, 0.6) is 5.75 Å². The van der Waals surface area contributed by atoms with Crippen LogP contribution in [-0.2, 0) is 38.0 Å². The van der Waals surface area contributed by atoms with E-state index in [1.807, 2.05) is 37.6 Å². The number of amides is 1. The van der Waals surface area contributed by atoms with E-state index in [2.05, 4.69) is 73.5 Å². The first-order valence-electron chi connectivity index (χ1n) is 16.6. The fourth-order valence-electron chi connectivity index (χ4n) is 4.53. The second kappa shape index (κ2) is 20.9. The van der Waals surface area contributed by atoms with Crippen molar-refractivity contribution in [3.8, 4) is 18.1 Å². The molecule has 0 radical (unpaired) electrons. The van der Waals surface area contributed by atoms with Gasteiger partial charge in [0.15, 0.2) is 12.4 Å². The summed E-state index contributed by atoms with van der Waals surface area (Å²) in [6.45, 7) is 13.4. The molecule has 0 aliphatic carbocycles. The number of carbonyl (C=O) groups is 2. The number of nitrogens with one attached hydrogen (secondary N) is 3. The van der Waals surface area contributed by atoms with Crippen LogP contribution in [-0.4, -0.2) is 103 Å². The largest absolute Gasteiger partial charge is 0.778 e. The number of hydrogen-bond donors (Lipinski definition) is 5. The molecule has 22 heteroatoms. The minimum Gasteiger partial charge on any atom is -0.778 e. The number of benzene rings is 1. The fraction of sp³-hybridized carbons (Fsp3) is 0.545. The van der Waals surface area contributed by atoms with Gasteiger partial charge in [0.2, 0.25) is 22.0 Å². The van der Waals surface area contributed by atoms with E-state index < -0.39 is 32.2 Å². The van der Waals surface area contributed by atoms with Gasteiger partial charge in [-0.1, -0.05) is 19.8 Å².